The van der Waals surface area contributed by atoms with Crippen molar-refractivity contribution >= 4 is 5.78 Å². The lowest BCUT2D eigenvalue weighted by atomic mass is 9.49. The van der Waals surface area contributed by atoms with Gasteiger partial charge in [0.2, 0.25) is 0 Å². The van der Waals surface area contributed by atoms with Gasteiger partial charge in [0.15, 0.2) is 0 Å². The van der Waals surface area contributed by atoms with Gasteiger partial charge in [-0.2, -0.15) is 0 Å². The van der Waals surface area contributed by atoms with E-state index in [-0.39, 0.29) is 5.41 Å². The molecular weight excluding hydrogens is 274 g/mol. The molecule has 2 aliphatic carbocycles. The van der Waals surface area contributed by atoms with Crippen LogP contribution in [0.2, 0.25) is 0 Å². The van der Waals surface area contributed by atoms with Crippen molar-refractivity contribution in [3.8, 4) is 5.75 Å². The van der Waals surface area contributed by atoms with Crippen LogP contribution in [-0.4, -0.2) is 37.4 Å². The number of hydrogen-bond donors (Lipinski definition) is 0. The number of ketones is 1. The first kappa shape index (κ1) is 14.3. The Labute approximate surface area is 132 Å². The Morgan fingerprint density at radius 1 is 1.32 bits per heavy atom. The lowest BCUT2D eigenvalue weighted by molar-refractivity contribution is -0.130. The molecule has 1 saturated carbocycles. The van der Waals surface area contributed by atoms with Crippen molar-refractivity contribution in [2.45, 2.75) is 44.1 Å². The number of benzene rings is 1. The van der Waals surface area contributed by atoms with Gasteiger partial charge in [-0.15, -0.1) is 0 Å². The number of piperidine rings is 1. The van der Waals surface area contributed by atoms with Crippen LogP contribution >= 0.6 is 0 Å². The summed E-state index contributed by atoms with van der Waals surface area (Å²) >= 11 is 0. The van der Waals surface area contributed by atoms with Crippen LogP contribution in [0.4, 0.5) is 0 Å². The Hall–Kier alpha value is -1.35. The number of hydrogen-bond acceptors (Lipinski definition) is 3. The SMILES string of the molecule is COc1ccc2c(c1)[C@]13CCN(C)[C@H](C2)[C@@H]1[C@H](C)CC(=O)C3. The highest BCUT2D eigenvalue weighted by molar-refractivity contribution is 5.82. The normalized spacial score (nSPS) is 37.4. The van der Waals surface area contributed by atoms with E-state index in [1.807, 2.05) is 0 Å². The van der Waals surface area contributed by atoms with Gasteiger partial charge in [0.25, 0.3) is 0 Å². The van der Waals surface area contributed by atoms with E-state index in [1.54, 1.807) is 7.11 Å². The highest BCUT2D eigenvalue weighted by atomic mass is 16.5. The Balaban J connectivity index is 1.92. The van der Waals surface area contributed by atoms with Crippen molar-refractivity contribution in [1.29, 1.82) is 0 Å². The number of likely N-dealkylation sites (tertiary alicyclic amines) is 1. The van der Waals surface area contributed by atoms with Gasteiger partial charge >= 0.3 is 0 Å². The number of rotatable bonds is 1. The maximum atomic E-state index is 12.4. The van der Waals surface area contributed by atoms with E-state index in [9.17, 15) is 4.79 Å². The lowest BCUT2D eigenvalue weighted by Gasteiger charge is -2.60. The summed E-state index contributed by atoms with van der Waals surface area (Å²) in [6.07, 6.45) is 3.70. The molecule has 0 amide bonds. The van der Waals surface area contributed by atoms with E-state index in [1.165, 1.54) is 11.1 Å². The second kappa shape index (κ2) is 4.82. The van der Waals surface area contributed by atoms with Crippen LogP contribution in [-0.2, 0) is 16.6 Å². The number of methoxy groups -OCH3 is 1. The third-order valence-corrected chi connectivity index (χ3v) is 6.49. The fourth-order valence-electron chi connectivity index (χ4n) is 5.63. The quantitative estimate of drug-likeness (QED) is 0.798. The molecule has 3 nitrogen and oxygen atoms in total. The summed E-state index contributed by atoms with van der Waals surface area (Å²) in [7, 11) is 3.98. The average Bonchev–Trinajstić information content (AvgIpc) is 2.50. The smallest absolute Gasteiger partial charge is 0.134 e. The zero-order valence-corrected chi connectivity index (χ0v) is 13.8. The Kier molecular flexibility index (Phi) is 3.12. The third-order valence-electron chi connectivity index (χ3n) is 6.49. The summed E-state index contributed by atoms with van der Waals surface area (Å²) in [4.78, 5) is 15.0. The number of likely N-dealkylation sites (N-methyl/N-ethyl adjacent to an activating group) is 1. The second-order valence-corrected chi connectivity index (χ2v) is 7.60. The predicted molar refractivity (Wildman–Crippen MR) is 86.3 cm³/mol. The molecule has 2 bridgehead atoms. The van der Waals surface area contributed by atoms with Crippen LogP contribution < -0.4 is 4.74 Å². The van der Waals surface area contributed by atoms with Gasteiger partial charge in [-0.1, -0.05) is 13.0 Å². The van der Waals surface area contributed by atoms with Gasteiger partial charge in [0.05, 0.1) is 7.11 Å². The van der Waals surface area contributed by atoms with Crippen LogP contribution in [0.25, 0.3) is 0 Å². The van der Waals surface area contributed by atoms with Crippen molar-refractivity contribution in [2.75, 3.05) is 20.7 Å². The zero-order valence-electron chi connectivity index (χ0n) is 13.8. The fourth-order valence-corrected chi connectivity index (χ4v) is 5.63. The molecule has 1 aromatic carbocycles. The molecule has 4 atom stereocenters. The van der Waals surface area contributed by atoms with Crippen LogP contribution in [0, 0.1) is 11.8 Å². The summed E-state index contributed by atoms with van der Waals surface area (Å²) in [5.41, 5.74) is 2.88. The molecule has 0 unspecified atom stereocenters. The average molecular weight is 299 g/mol. The van der Waals surface area contributed by atoms with Gasteiger partial charge in [0.1, 0.15) is 11.5 Å². The summed E-state index contributed by atoms with van der Waals surface area (Å²) < 4.78 is 5.47. The largest absolute Gasteiger partial charge is 0.497 e. The number of nitrogens with zero attached hydrogens (tertiary/aromatic N) is 1. The molecule has 22 heavy (non-hydrogen) atoms. The third kappa shape index (κ3) is 1.81. The van der Waals surface area contributed by atoms with Gasteiger partial charge < -0.3 is 9.64 Å². The topological polar surface area (TPSA) is 29.5 Å². The molecule has 1 saturated heterocycles. The summed E-state index contributed by atoms with van der Waals surface area (Å²) in [6, 6.07) is 7.09. The van der Waals surface area contributed by atoms with E-state index >= 15 is 0 Å². The number of ether oxygens (including phenoxy) is 1. The second-order valence-electron chi connectivity index (χ2n) is 7.60. The number of Topliss-reactive ketones (excluding diaryl/α,β-unsaturated/α-hetero) is 1. The van der Waals surface area contributed by atoms with E-state index in [0.717, 1.165) is 38.0 Å². The maximum Gasteiger partial charge on any atom is 0.134 e. The minimum Gasteiger partial charge on any atom is -0.497 e. The molecule has 3 aliphatic rings. The molecule has 4 rings (SSSR count). The lowest BCUT2D eigenvalue weighted by Crippen LogP contribution is -2.63. The monoisotopic (exact) mass is 299 g/mol. The van der Waals surface area contributed by atoms with E-state index < -0.39 is 0 Å². The Bertz CT molecular complexity index is 626. The minimum absolute atomic E-state index is 0.0497. The number of fused-ring (bicyclic) bond motifs is 1. The molecular formula is C19H25NO2. The van der Waals surface area contributed by atoms with Gasteiger partial charge in [-0.05, 0) is 61.5 Å². The van der Waals surface area contributed by atoms with E-state index in [2.05, 4.69) is 37.1 Å². The number of carbonyl (C=O) groups excluding carboxylic acids is 1. The Morgan fingerprint density at radius 3 is 2.91 bits per heavy atom. The first-order valence-electron chi connectivity index (χ1n) is 8.44. The van der Waals surface area contributed by atoms with Crippen molar-refractivity contribution in [3.63, 3.8) is 0 Å². The van der Waals surface area contributed by atoms with Crippen molar-refractivity contribution < 1.29 is 9.53 Å². The molecule has 3 heteroatoms. The van der Waals surface area contributed by atoms with Crippen molar-refractivity contribution in [2.24, 2.45) is 11.8 Å². The van der Waals surface area contributed by atoms with E-state index in [0.29, 0.717) is 23.7 Å². The fraction of sp³-hybridized carbons (Fsp3) is 0.632. The highest BCUT2D eigenvalue weighted by Gasteiger charge is 2.57. The minimum atomic E-state index is 0.0497. The van der Waals surface area contributed by atoms with Crippen LogP contribution in [0.1, 0.15) is 37.3 Å². The highest BCUT2D eigenvalue weighted by Crippen LogP contribution is 2.56. The molecule has 1 heterocycles. The molecule has 118 valence electrons. The van der Waals surface area contributed by atoms with Gasteiger partial charge in [0, 0.05) is 24.3 Å². The van der Waals surface area contributed by atoms with Crippen LogP contribution in [0.15, 0.2) is 18.2 Å². The summed E-state index contributed by atoms with van der Waals surface area (Å²) in [6.45, 7) is 3.38. The van der Waals surface area contributed by atoms with Crippen molar-refractivity contribution in [1.82, 2.24) is 4.90 Å². The van der Waals surface area contributed by atoms with Gasteiger partial charge in [-0.25, -0.2) is 0 Å². The standard InChI is InChI=1S/C19H25NO2/c1-12-8-14(21)11-19-6-7-20(2)17(18(12)19)9-13-4-5-15(22-3)10-16(13)19/h4-5,10,12,17-18H,6-9,11H2,1-3H3/t12-,17-,18+,19-/m1/s1. The molecule has 1 aliphatic heterocycles. The summed E-state index contributed by atoms with van der Waals surface area (Å²) in [5, 5.41) is 0. The maximum absolute atomic E-state index is 12.4. The van der Waals surface area contributed by atoms with Crippen molar-refractivity contribution in [3.05, 3.63) is 29.3 Å². The van der Waals surface area contributed by atoms with Gasteiger partial charge in [-0.3, -0.25) is 4.79 Å². The zero-order chi connectivity index (χ0) is 15.5. The number of carbonyl (C=O) groups is 1. The molecule has 0 N–H and O–H groups in total. The van der Waals surface area contributed by atoms with E-state index in [4.69, 9.17) is 4.74 Å². The van der Waals surface area contributed by atoms with Crippen LogP contribution in [0.3, 0.4) is 0 Å². The summed E-state index contributed by atoms with van der Waals surface area (Å²) in [5.74, 6) is 2.45. The van der Waals surface area contributed by atoms with Crippen LogP contribution in [0.5, 0.6) is 5.75 Å². The molecule has 2 fully saturated rings. The predicted octanol–water partition coefficient (Wildman–Crippen LogP) is 2.81. The first-order chi connectivity index (χ1) is 10.5. The first-order valence-corrected chi connectivity index (χ1v) is 8.44. The Morgan fingerprint density at radius 2 is 2.14 bits per heavy atom. The molecule has 1 aromatic rings. The molecule has 0 radical (unpaired) electrons. The molecule has 0 aromatic heterocycles. The molecule has 0 spiro atoms.